The zero-order valence-electron chi connectivity index (χ0n) is 11.6. The first-order valence-electron chi connectivity index (χ1n) is 7.10. The molecule has 0 amide bonds. The van der Waals surface area contributed by atoms with Gasteiger partial charge in [-0.05, 0) is 38.0 Å². The Kier molecular flexibility index (Phi) is 3.38. The van der Waals surface area contributed by atoms with Crippen molar-refractivity contribution in [1.82, 2.24) is 0 Å². The van der Waals surface area contributed by atoms with Gasteiger partial charge in [0, 0.05) is 17.3 Å². The van der Waals surface area contributed by atoms with Crippen molar-refractivity contribution in [3.05, 3.63) is 0 Å². The zero-order valence-corrected chi connectivity index (χ0v) is 12.4. The molecule has 124 valence electrons. The molecule has 0 saturated heterocycles. The average molecular weight is 338 g/mol. The number of Topliss-reactive ketones (excluding diaryl/α,β-unsaturated/α-hetero) is 1. The summed E-state index contributed by atoms with van der Waals surface area (Å²) in [6, 6.07) is 0. The zero-order chi connectivity index (χ0) is 16.3. The van der Waals surface area contributed by atoms with Gasteiger partial charge in [0.15, 0.2) is 0 Å². The number of carbonyl (C=O) groups is 2. The molecule has 0 aliphatic heterocycles. The Bertz CT molecular complexity index is 610. The van der Waals surface area contributed by atoms with Gasteiger partial charge in [0.1, 0.15) is 5.78 Å². The van der Waals surface area contributed by atoms with Gasteiger partial charge in [-0.25, -0.2) is 4.79 Å². The van der Waals surface area contributed by atoms with E-state index in [9.17, 15) is 26.8 Å². The third-order valence-electron chi connectivity index (χ3n) is 5.19. The fraction of sp³-hybridized carbons (Fsp3) is 0.846. The monoisotopic (exact) mass is 338 g/mol. The lowest BCUT2D eigenvalue weighted by atomic mass is 9.49. The topological polar surface area (TPSA) is 97.7 Å². The van der Waals surface area contributed by atoms with Crippen LogP contribution in [0.25, 0.3) is 0 Å². The fourth-order valence-corrected chi connectivity index (χ4v) is 4.76. The van der Waals surface area contributed by atoms with Crippen LogP contribution < -0.4 is 0 Å². The first-order chi connectivity index (χ1) is 10.0. The van der Waals surface area contributed by atoms with E-state index < -0.39 is 26.8 Å². The van der Waals surface area contributed by atoms with Crippen molar-refractivity contribution in [2.75, 3.05) is 6.61 Å². The van der Waals surface area contributed by atoms with E-state index >= 15 is 0 Å². The highest BCUT2D eigenvalue weighted by Gasteiger charge is 2.58. The third-order valence-corrected chi connectivity index (χ3v) is 6.01. The molecular weight excluding hydrogens is 322 g/mol. The molecule has 0 heterocycles. The summed E-state index contributed by atoms with van der Waals surface area (Å²) in [6.07, 6.45) is 3.27. The second kappa shape index (κ2) is 4.70. The quantitative estimate of drug-likeness (QED) is 0.615. The van der Waals surface area contributed by atoms with Crippen LogP contribution in [0, 0.1) is 23.2 Å². The van der Waals surface area contributed by atoms with Crippen molar-refractivity contribution in [3.8, 4) is 0 Å². The smallest absolute Gasteiger partial charge is 0.460 e. The molecule has 0 radical (unpaired) electrons. The second-order valence-corrected chi connectivity index (χ2v) is 8.28. The molecule has 4 fully saturated rings. The van der Waals surface area contributed by atoms with Gasteiger partial charge in [0.2, 0.25) is 0 Å². The lowest BCUT2D eigenvalue weighted by Crippen LogP contribution is -2.53. The summed E-state index contributed by atoms with van der Waals surface area (Å²) in [7, 11) is -5.85. The van der Waals surface area contributed by atoms with Crippen molar-refractivity contribution in [2.45, 2.75) is 37.4 Å². The molecule has 0 spiro atoms. The number of halogens is 2. The van der Waals surface area contributed by atoms with Crippen LogP contribution in [0.4, 0.5) is 8.78 Å². The van der Waals surface area contributed by atoms with Crippen molar-refractivity contribution < 1.29 is 36.1 Å². The number of hydrogen-bond donors (Lipinski definition) is 1. The Morgan fingerprint density at radius 2 is 1.82 bits per heavy atom. The molecule has 4 rings (SSSR count). The normalized spacial score (nSPS) is 37.4. The maximum absolute atomic E-state index is 13.2. The molecule has 9 heteroatoms. The van der Waals surface area contributed by atoms with Crippen molar-refractivity contribution in [1.29, 1.82) is 0 Å². The van der Waals surface area contributed by atoms with E-state index in [1.54, 1.807) is 0 Å². The molecular formula is C13H16F2O6S. The Hall–Kier alpha value is -1.09. The minimum Gasteiger partial charge on any atom is -0.460 e. The van der Waals surface area contributed by atoms with Crippen LogP contribution in [0.1, 0.15) is 32.1 Å². The first kappa shape index (κ1) is 15.8. The van der Waals surface area contributed by atoms with Crippen LogP contribution in [0.15, 0.2) is 0 Å². The molecule has 4 aliphatic carbocycles. The minimum absolute atomic E-state index is 0.105. The van der Waals surface area contributed by atoms with Gasteiger partial charge in [-0.1, -0.05) is 0 Å². The molecule has 4 aliphatic rings. The highest BCUT2D eigenvalue weighted by atomic mass is 32.2. The molecule has 4 bridgehead atoms. The fourth-order valence-electron chi connectivity index (χ4n) is 4.49. The van der Waals surface area contributed by atoms with Gasteiger partial charge in [-0.15, -0.1) is 0 Å². The maximum atomic E-state index is 13.2. The van der Waals surface area contributed by atoms with E-state index in [-0.39, 0.29) is 24.2 Å². The Labute approximate surface area is 125 Å². The van der Waals surface area contributed by atoms with Gasteiger partial charge in [0.25, 0.3) is 0 Å². The van der Waals surface area contributed by atoms with Gasteiger partial charge in [-0.2, -0.15) is 17.2 Å². The summed E-state index contributed by atoms with van der Waals surface area (Å²) >= 11 is 0. The highest BCUT2D eigenvalue weighted by molar-refractivity contribution is 7.87. The van der Waals surface area contributed by atoms with Crippen molar-refractivity contribution in [2.24, 2.45) is 23.2 Å². The predicted molar refractivity (Wildman–Crippen MR) is 68.4 cm³/mol. The summed E-state index contributed by atoms with van der Waals surface area (Å²) in [6.45, 7) is -0.340. The molecule has 0 aromatic heterocycles. The van der Waals surface area contributed by atoms with E-state index in [4.69, 9.17) is 4.55 Å². The standard InChI is InChI=1S/C13H16F2O6S/c14-13(15,22(18,19)20)11(17)21-6-12-3-7-1-8(4-12)10(16)9(2-7)5-12/h7-9H,1-6H2,(H,18,19,20)/t7?,8-,9?,12-/m0/s1. The average Bonchev–Trinajstić information content (AvgIpc) is 2.40. The lowest BCUT2D eigenvalue weighted by molar-refractivity contribution is -0.173. The number of ketones is 1. The largest absolute Gasteiger partial charge is 0.465 e. The van der Waals surface area contributed by atoms with E-state index in [0.29, 0.717) is 25.2 Å². The Morgan fingerprint density at radius 3 is 2.32 bits per heavy atom. The van der Waals surface area contributed by atoms with E-state index in [1.807, 2.05) is 0 Å². The molecule has 0 aromatic rings. The summed E-state index contributed by atoms with van der Waals surface area (Å²) in [5, 5.41) is -4.97. The highest BCUT2D eigenvalue weighted by Crippen LogP contribution is 2.58. The molecule has 6 nitrogen and oxygen atoms in total. The van der Waals surface area contributed by atoms with Gasteiger partial charge < -0.3 is 4.74 Å². The molecule has 22 heavy (non-hydrogen) atoms. The molecule has 0 aromatic carbocycles. The summed E-state index contributed by atoms with van der Waals surface area (Å²) in [5.74, 6) is -1.94. The predicted octanol–water partition coefficient (Wildman–Crippen LogP) is 1.41. The SMILES string of the molecule is O=C1C2CC3C[C@H]1C[C@@](COC(=O)C(F)(F)S(=O)(=O)O)(C3)C2. The minimum atomic E-state index is -5.85. The van der Waals surface area contributed by atoms with Crippen LogP contribution in [0.2, 0.25) is 0 Å². The number of ether oxygens (including phenoxy) is 1. The second-order valence-electron chi connectivity index (χ2n) is 6.81. The maximum Gasteiger partial charge on any atom is 0.465 e. The van der Waals surface area contributed by atoms with Crippen LogP contribution in [-0.4, -0.2) is 36.6 Å². The number of esters is 1. The van der Waals surface area contributed by atoms with Crippen molar-refractivity contribution in [3.63, 3.8) is 0 Å². The van der Waals surface area contributed by atoms with Crippen LogP contribution in [0.3, 0.4) is 0 Å². The van der Waals surface area contributed by atoms with E-state index in [0.717, 1.165) is 12.8 Å². The lowest BCUT2D eigenvalue weighted by Gasteiger charge is -2.55. The number of hydrogen-bond acceptors (Lipinski definition) is 5. The third kappa shape index (κ3) is 2.34. The summed E-state index contributed by atoms with van der Waals surface area (Å²) < 4.78 is 60.3. The Morgan fingerprint density at radius 1 is 1.27 bits per heavy atom. The molecule has 4 saturated carbocycles. The number of rotatable bonds is 4. The van der Waals surface area contributed by atoms with Crippen LogP contribution in [-0.2, 0) is 24.4 Å². The van der Waals surface area contributed by atoms with Gasteiger partial charge in [-0.3, -0.25) is 9.35 Å². The Balaban J connectivity index is 1.70. The molecule has 1 N–H and O–H groups in total. The van der Waals surface area contributed by atoms with Gasteiger partial charge in [0.05, 0.1) is 6.61 Å². The van der Waals surface area contributed by atoms with E-state index in [2.05, 4.69) is 4.74 Å². The van der Waals surface area contributed by atoms with Crippen LogP contribution in [0.5, 0.6) is 0 Å². The van der Waals surface area contributed by atoms with Crippen LogP contribution >= 0.6 is 0 Å². The number of carbonyl (C=O) groups excluding carboxylic acids is 2. The molecule has 4 atom stereocenters. The first-order valence-corrected chi connectivity index (χ1v) is 8.54. The summed E-state index contributed by atoms with van der Waals surface area (Å²) in [4.78, 5) is 23.3. The van der Waals surface area contributed by atoms with Crippen molar-refractivity contribution >= 4 is 21.9 Å². The van der Waals surface area contributed by atoms with E-state index in [1.165, 1.54) is 0 Å². The molecule has 2 unspecified atom stereocenters. The number of alkyl halides is 2. The van der Waals surface area contributed by atoms with Gasteiger partial charge >= 0.3 is 21.3 Å². The summed E-state index contributed by atoms with van der Waals surface area (Å²) in [5.41, 5.74) is -0.518.